The normalized spacial score (nSPS) is 25.0. The monoisotopic (exact) mass is 426 g/mol. The summed E-state index contributed by atoms with van der Waals surface area (Å²) in [6.45, 7) is 3.46. The fraction of sp³-hybridized carbons (Fsp3) is 0.667. The van der Waals surface area contributed by atoms with Crippen LogP contribution in [0.1, 0.15) is 12.2 Å². The van der Waals surface area contributed by atoms with Gasteiger partial charge in [0.25, 0.3) is 10.2 Å². The summed E-state index contributed by atoms with van der Waals surface area (Å²) in [7, 11) is -3.52. The average Bonchev–Trinajstić information content (AvgIpc) is 3.38. The van der Waals surface area contributed by atoms with Crippen molar-refractivity contribution < 1.29 is 27.2 Å². The lowest BCUT2D eigenvalue weighted by molar-refractivity contribution is -0.137. The third-order valence-corrected chi connectivity index (χ3v) is 7.70. The minimum atomic E-state index is -3.52. The maximum atomic E-state index is 12.9. The SMILES string of the molecule is O=C1CC(C(=O)N2CCN(S(=O)(=O)N3CCOCC3)CC2)CN1Cc1ccco1. The zero-order valence-corrected chi connectivity index (χ0v) is 17.1. The Bertz CT molecular complexity index is 829. The van der Waals surface area contributed by atoms with Crippen molar-refractivity contribution in [3.8, 4) is 0 Å². The van der Waals surface area contributed by atoms with Crippen LogP contribution < -0.4 is 0 Å². The summed E-state index contributed by atoms with van der Waals surface area (Å²) < 4.78 is 38.9. The van der Waals surface area contributed by atoms with E-state index >= 15 is 0 Å². The van der Waals surface area contributed by atoms with Gasteiger partial charge in [0.05, 0.1) is 31.9 Å². The van der Waals surface area contributed by atoms with Gasteiger partial charge in [0.1, 0.15) is 5.76 Å². The van der Waals surface area contributed by atoms with Crippen LogP contribution in [0.2, 0.25) is 0 Å². The molecule has 0 aromatic carbocycles. The molecule has 0 radical (unpaired) electrons. The van der Waals surface area contributed by atoms with Crippen molar-refractivity contribution in [3.63, 3.8) is 0 Å². The van der Waals surface area contributed by atoms with Crippen LogP contribution in [0, 0.1) is 5.92 Å². The second-order valence-corrected chi connectivity index (χ2v) is 9.43. The zero-order valence-electron chi connectivity index (χ0n) is 16.2. The third kappa shape index (κ3) is 4.32. The minimum Gasteiger partial charge on any atom is -0.467 e. The first-order valence-electron chi connectivity index (χ1n) is 9.87. The van der Waals surface area contributed by atoms with E-state index in [9.17, 15) is 18.0 Å². The van der Waals surface area contributed by atoms with Crippen LogP contribution in [0.5, 0.6) is 0 Å². The molecule has 2 amide bonds. The standard InChI is InChI=1S/C18H26N4O6S/c23-17-12-15(13-20(17)14-16-2-1-9-28-16)18(24)19-3-5-21(6-4-19)29(25,26)22-7-10-27-11-8-22/h1-2,9,15H,3-8,10-14H2. The molecule has 11 heteroatoms. The molecule has 1 atom stereocenters. The van der Waals surface area contributed by atoms with Crippen LogP contribution >= 0.6 is 0 Å². The zero-order chi connectivity index (χ0) is 20.4. The Kier molecular flexibility index (Phi) is 5.91. The average molecular weight is 426 g/mol. The van der Waals surface area contributed by atoms with Gasteiger partial charge in [0.15, 0.2) is 0 Å². The number of amides is 2. The summed E-state index contributed by atoms with van der Waals surface area (Å²) in [6.07, 6.45) is 1.74. The smallest absolute Gasteiger partial charge is 0.282 e. The van der Waals surface area contributed by atoms with E-state index in [1.54, 1.807) is 28.2 Å². The van der Waals surface area contributed by atoms with E-state index in [1.807, 2.05) is 0 Å². The molecular formula is C18H26N4O6S. The van der Waals surface area contributed by atoms with Crippen molar-refractivity contribution >= 4 is 22.0 Å². The van der Waals surface area contributed by atoms with Crippen molar-refractivity contribution in [3.05, 3.63) is 24.2 Å². The molecular weight excluding hydrogens is 400 g/mol. The summed E-state index contributed by atoms with van der Waals surface area (Å²) in [5.74, 6) is 0.158. The summed E-state index contributed by atoms with van der Waals surface area (Å²) in [5.41, 5.74) is 0. The molecule has 0 bridgehead atoms. The van der Waals surface area contributed by atoms with Crippen molar-refractivity contribution in [1.29, 1.82) is 0 Å². The summed E-state index contributed by atoms with van der Waals surface area (Å²) in [6, 6.07) is 3.57. The number of hydrogen-bond acceptors (Lipinski definition) is 6. The van der Waals surface area contributed by atoms with Crippen LogP contribution in [-0.2, 0) is 31.1 Å². The number of nitrogens with zero attached hydrogens (tertiary/aromatic N) is 4. The molecule has 160 valence electrons. The molecule has 0 saturated carbocycles. The molecule has 0 spiro atoms. The highest BCUT2D eigenvalue weighted by atomic mass is 32.2. The van der Waals surface area contributed by atoms with E-state index in [-0.39, 0.29) is 37.2 Å². The van der Waals surface area contributed by atoms with Gasteiger partial charge in [-0.3, -0.25) is 9.59 Å². The van der Waals surface area contributed by atoms with E-state index in [0.717, 1.165) is 0 Å². The van der Waals surface area contributed by atoms with Gasteiger partial charge in [0.2, 0.25) is 11.8 Å². The Morgan fingerprint density at radius 3 is 2.41 bits per heavy atom. The number of furan rings is 1. The van der Waals surface area contributed by atoms with E-state index in [4.69, 9.17) is 9.15 Å². The molecule has 3 aliphatic heterocycles. The number of carbonyl (C=O) groups is 2. The number of ether oxygens (including phenoxy) is 1. The van der Waals surface area contributed by atoms with E-state index in [0.29, 0.717) is 58.2 Å². The maximum Gasteiger partial charge on any atom is 0.282 e. The Hall–Kier alpha value is -1.95. The van der Waals surface area contributed by atoms with Crippen LogP contribution in [0.15, 0.2) is 22.8 Å². The van der Waals surface area contributed by atoms with Crippen LogP contribution in [0.25, 0.3) is 0 Å². The van der Waals surface area contributed by atoms with Crippen molar-refractivity contribution in [2.75, 3.05) is 59.0 Å². The molecule has 1 unspecified atom stereocenters. The molecule has 1 aromatic heterocycles. The lowest BCUT2D eigenvalue weighted by atomic mass is 10.1. The lowest BCUT2D eigenvalue weighted by Gasteiger charge is -2.38. The molecule has 4 rings (SSSR count). The molecule has 4 heterocycles. The Morgan fingerprint density at radius 1 is 1.07 bits per heavy atom. The number of piperazine rings is 1. The maximum absolute atomic E-state index is 12.9. The van der Waals surface area contributed by atoms with E-state index < -0.39 is 10.2 Å². The van der Waals surface area contributed by atoms with Crippen molar-refractivity contribution in [2.24, 2.45) is 5.92 Å². The van der Waals surface area contributed by atoms with Crippen LogP contribution in [0.4, 0.5) is 0 Å². The molecule has 3 fully saturated rings. The Labute approximate surface area is 170 Å². The minimum absolute atomic E-state index is 0.0618. The second kappa shape index (κ2) is 8.42. The molecule has 0 aliphatic carbocycles. The molecule has 1 aromatic rings. The molecule has 3 saturated heterocycles. The van der Waals surface area contributed by atoms with E-state index in [1.165, 1.54) is 8.61 Å². The first-order chi connectivity index (χ1) is 13.9. The fourth-order valence-electron chi connectivity index (χ4n) is 4.02. The topological polar surface area (TPSA) is 104 Å². The van der Waals surface area contributed by atoms with Gasteiger partial charge in [-0.25, -0.2) is 0 Å². The lowest BCUT2D eigenvalue weighted by Crippen LogP contribution is -2.56. The van der Waals surface area contributed by atoms with Gasteiger partial charge in [-0.15, -0.1) is 0 Å². The Balaban J connectivity index is 1.30. The predicted octanol–water partition coefficient (Wildman–Crippen LogP) is -0.651. The molecule has 10 nitrogen and oxygen atoms in total. The summed E-state index contributed by atoms with van der Waals surface area (Å²) in [5, 5.41) is 0. The summed E-state index contributed by atoms with van der Waals surface area (Å²) >= 11 is 0. The summed E-state index contributed by atoms with van der Waals surface area (Å²) in [4.78, 5) is 28.5. The van der Waals surface area contributed by atoms with E-state index in [2.05, 4.69) is 0 Å². The van der Waals surface area contributed by atoms with Crippen molar-refractivity contribution in [2.45, 2.75) is 13.0 Å². The second-order valence-electron chi connectivity index (χ2n) is 7.50. The van der Waals surface area contributed by atoms with Crippen molar-refractivity contribution in [1.82, 2.24) is 18.4 Å². The first kappa shape index (κ1) is 20.3. The molecule has 0 N–H and O–H groups in total. The number of hydrogen-bond donors (Lipinski definition) is 0. The van der Waals surface area contributed by atoms with Gasteiger partial charge >= 0.3 is 0 Å². The number of likely N-dealkylation sites (tertiary alicyclic amines) is 1. The first-order valence-corrected chi connectivity index (χ1v) is 11.3. The molecule has 29 heavy (non-hydrogen) atoms. The van der Waals surface area contributed by atoms with Gasteiger partial charge in [-0.1, -0.05) is 0 Å². The predicted molar refractivity (Wildman–Crippen MR) is 102 cm³/mol. The van der Waals surface area contributed by atoms with Gasteiger partial charge in [-0.2, -0.15) is 17.0 Å². The Morgan fingerprint density at radius 2 is 1.76 bits per heavy atom. The molecule has 3 aliphatic rings. The number of rotatable bonds is 5. The van der Waals surface area contributed by atoms with Gasteiger partial charge < -0.3 is 19.0 Å². The third-order valence-electron chi connectivity index (χ3n) is 5.66. The van der Waals surface area contributed by atoms with Gasteiger partial charge in [-0.05, 0) is 12.1 Å². The number of morpholine rings is 1. The largest absolute Gasteiger partial charge is 0.467 e. The van der Waals surface area contributed by atoms with Gasteiger partial charge in [0, 0.05) is 52.2 Å². The van der Waals surface area contributed by atoms with Crippen LogP contribution in [0.3, 0.4) is 0 Å². The fourth-order valence-corrected chi connectivity index (χ4v) is 5.58. The highest BCUT2D eigenvalue weighted by Gasteiger charge is 2.39. The van der Waals surface area contributed by atoms with Crippen LogP contribution in [-0.4, -0.2) is 97.7 Å². The highest BCUT2D eigenvalue weighted by molar-refractivity contribution is 7.86. The quantitative estimate of drug-likeness (QED) is 0.620. The number of carbonyl (C=O) groups excluding carboxylic acids is 2. The highest BCUT2D eigenvalue weighted by Crippen LogP contribution is 2.23.